The molecule has 0 saturated heterocycles. The molecule has 0 radical (unpaired) electrons. The second-order valence-electron chi connectivity index (χ2n) is 17.0. The fourth-order valence-electron chi connectivity index (χ4n) is 6.55. The van der Waals surface area contributed by atoms with Crippen molar-refractivity contribution in [1.29, 1.82) is 0 Å². The first-order chi connectivity index (χ1) is 21.3. The molecule has 0 aliphatic carbocycles. The zero-order valence-electron chi connectivity index (χ0n) is 31.2. The lowest BCUT2D eigenvalue weighted by atomic mass is 9.56. The van der Waals surface area contributed by atoms with Crippen molar-refractivity contribution >= 4 is 17.2 Å². The standard InChI is InChI=1S/C37H62O8P2/c1-15-24-17-26(32(3,4)5)30(27(18-24)33(6,7)8)37(45-47(42)43,36(21-38,22-39)23-44-46(40)41)31-28(34(9,10)11)19-25(16-2)20-29(31)35(12,13)14/h17-20,38-43H,15-16,21-23H2,1-14H3. The highest BCUT2D eigenvalue weighted by Gasteiger charge is 2.61. The lowest BCUT2D eigenvalue weighted by molar-refractivity contribution is -0.123. The van der Waals surface area contributed by atoms with Crippen molar-refractivity contribution in [2.24, 2.45) is 5.41 Å². The minimum Gasteiger partial charge on any atom is -0.395 e. The molecule has 0 aliphatic rings. The predicted molar refractivity (Wildman–Crippen MR) is 194 cm³/mol. The molecule has 0 aliphatic heterocycles. The molecule has 47 heavy (non-hydrogen) atoms. The smallest absolute Gasteiger partial charge is 0.328 e. The third-order valence-electron chi connectivity index (χ3n) is 9.18. The Hall–Kier alpha value is -1.02. The SMILES string of the molecule is CCc1cc(C(C)(C)C)c(C(OP(O)O)(c2c(C(C)(C)C)cc(CC)cc2C(C)(C)C)C(CO)(CO)COP(O)O)c(C(C)(C)C)c1. The summed E-state index contributed by atoms with van der Waals surface area (Å²) >= 11 is 0. The van der Waals surface area contributed by atoms with Crippen molar-refractivity contribution < 1.29 is 38.8 Å². The van der Waals surface area contributed by atoms with E-state index in [0.29, 0.717) is 11.1 Å². The Bertz CT molecular complexity index is 1200. The van der Waals surface area contributed by atoms with E-state index in [0.717, 1.165) is 46.2 Å². The van der Waals surface area contributed by atoms with E-state index >= 15 is 0 Å². The van der Waals surface area contributed by atoms with E-state index in [9.17, 15) is 29.8 Å². The summed E-state index contributed by atoms with van der Waals surface area (Å²) in [6.07, 6.45) is 1.48. The topological polar surface area (TPSA) is 140 Å². The zero-order chi connectivity index (χ0) is 36.6. The van der Waals surface area contributed by atoms with Crippen molar-refractivity contribution in [2.75, 3.05) is 19.8 Å². The molecule has 0 fully saturated rings. The Kier molecular flexibility index (Phi) is 13.5. The van der Waals surface area contributed by atoms with Crippen LogP contribution in [0.25, 0.3) is 0 Å². The molecule has 0 spiro atoms. The van der Waals surface area contributed by atoms with E-state index in [2.05, 4.69) is 121 Å². The van der Waals surface area contributed by atoms with Gasteiger partial charge in [-0.25, -0.2) is 0 Å². The van der Waals surface area contributed by atoms with Gasteiger partial charge in [0.25, 0.3) is 0 Å². The van der Waals surface area contributed by atoms with Gasteiger partial charge in [-0.3, -0.25) is 4.52 Å². The highest BCUT2D eigenvalue weighted by Crippen LogP contribution is 2.61. The van der Waals surface area contributed by atoms with Gasteiger partial charge < -0.3 is 34.3 Å². The van der Waals surface area contributed by atoms with E-state index in [1.165, 1.54) is 0 Å². The van der Waals surface area contributed by atoms with Gasteiger partial charge in [0.15, 0.2) is 0 Å². The Balaban J connectivity index is 3.79. The van der Waals surface area contributed by atoms with Gasteiger partial charge >= 0.3 is 17.2 Å². The number of hydrogen-bond acceptors (Lipinski definition) is 8. The molecule has 0 aromatic heterocycles. The Labute approximate surface area is 286 Å². The second kappa shape index (κ2) is 15.1. The molecule has 0 atom stereocenters. The minimum atomic E-state index is -3.15. The normalized spacial score (nSPS) is 14.1. The van der Waals surface area contributed by atoms with Crippen LogP contribution in [0.15, 0.2) is 24.3 Å². The summed E-state index contributed by atoms with van der Waals surface area (Å²) in [5, 5.41) is 23.2. The van der Waals surface area contributed by atoms with E-state index in [4.69, 9.17) is 9.05 Å². The summed E-state index contributed by atoms with van der Waals surface area (Å²) in [5.41, 5.74) is 0.756. The number of aryl methyl sites for hydroxylation is 2. The molecule has 0 bridgehead atoms. The van der Waals surface area contributed by atoms with Gasteiger partial charge in [-0.05, 0) is 79.0 Å². The van der Waals surface area contributed by atoms with Gasteiger partial charge in [0.2, 0.25) is 0 Å². The molecule has 0 unspecified atom stereocenters. The maximum absolute atomic E-state index is 11.6. The van der Waals surface area contributed by atoms with Crippen molar-refractivity contribution in [3.8, 4) is 0 Å². The quantitative estimate of drug-likeness (QED) is 0.124. The highest BCUT2D eigenvalue weighted by atomic mass is 31.2. The van der Waals surface area contributed by atoms with Crippen LogP contribution in [-0.4, -0.2) is 49.6 Å². The first-order valence-corrected chi connectivity index (χ1v) is 18.9. The maximum atomic E-state index is 11.6. The largest absolute Gasteiger partial charge is 0.395 e. The Morgan fingerprint density at radius 1 is 0.532 bits per heavy atom. The number of rotatable bonds is 12. The first-order valence-electron chi connectivity index (χ1n) is 16.5. The number of aliphatic hydroxyl groups excluding tert-OH is 2. The third-order valence-corrected chi connectivity index (χ3v) is 9.97. The Morgan fingerprint density at radius 3 is 1.02 bits per heavy atom. The number of hydrogen-bond donors (Lipinski definition) is 6. The summed E-state index contributed by atoms with van der Waals surface area (Å²) in [6, 6.07) is 8.44. The van der Waals surface area contributed by atoms with Crippen LogP contribution in [0.2, 0.25) is 0 Å². The molecule has 0 saturated carbocycles. The van der Waals surface area contributed by atoms with Crippen LogP contribution in [0, 0.1) is 5.41 Å². The third kappa shape index (κ3) is 8.83. The molecule has 2 aromatic carbocycles. The first kappa shape index (κ1) is 42.1. The maximum Gasteiger partial charge on any atom is 0.328 e. The highest BCUT2D eigenvalue weighted by molar-refractivity contribution is 7.39. The van der Waals surface area contributed by atoms with Crippen LogP contribution in [0.5, 0.6) is 0 Å². The van der Waals surface area contributed by atoms with E-state index in [-0.39, 0.29) is 0 Å². The average Bonchev–Trinajstić information content (AvgIpc) is 2.93. The van der Waals surface area contributed by atoms with Crippen molar-refractivity contribution in [2.45, 2.75) is 137 Å². The van der Waals surface area contributed by atoms with Gasteiger partial charge in [0, 0.05) is 0 Å². The second-order valence-corrected chi connectivity index (χ2v) is 18.4. The van der Waals surface area contributed by atoms with Crippen molar-refractivity contribution in [3.63, 3.8) is 0 Å². The van der Waals surface area contributed by atoms with Gasteiger partial charge in [-0.1, -0.05) is 121 Å². The predicted octanol–water partition coefficient (Wildman–Crippen LogP) is 7.67. The lowest BCUT2D eigenvalue weighted by Gasteiger charge is -2.54. The van der Waals surface area contributed by atoms with Crippen LogP contribution in [-0.2, 0) is 49.2 Å². The van der Waals surface area contributed by atoms with Crippen molar-refractivity contribution in [3.05, 3.63) is 68.8 Å². The van der Waals surface area contributed by atoms with Gasteiger partial charge in [-0.15, -0.1) is 0 Å². The molecule has 2 aromatic rings. The average molecular weight is 697 g/mol. The zero-order valence-corrected chi connectivity index (χ0v) is 33.0. The van der Waals surface area contributed by atoms with E-state index in [1.807, 2.05) is 0 Å². The number of benzene rings is 2. The van der Waals surface area contributed by atoms with E-state index in [1.54, 1.807) is 0 Å². The van der Waals surface area contributed by atoms with Crippen LogP contribution < -0.4 is 0 Å². The summed E-state index contributed by atoms with van der Waals surface area (Å²) in [4.78, 5) is 42.4. The van der Waals surface area contributed by atoms with Crippen LogP contribution in [0.3, 0.4) is 0 Å². The van der Waals surface area contributed by atoms with E-state index < -0.39 is 69.7 Å². The summed E-state index contributed by atoms with van der Waals surface area (Å²) in [5.74, 6) is 0. The fourth-order valence-corrected chi connectivity index (χ4v) is 7.53. The summed E-state index contributed by atoms with van der Waals surface area (Å²) in [7, 11) is -6.07. The monoisotopic (exact) mass is 696 g/mol. The van der Waals surface area contributed by atoms with Gasteiger partial charge in [0.1, 0.15) is 5.60 Å². The van der Waals surface area contributed by atoms with Crippen LogP contribution in [0.1, 0.15) is 141 Å². The molecule has 0 heterocycles. The van der Waals surface area contributed by atoms with Crippen LogP contribution >= 0.6 is 17.2 Å². The van der Waals surface area contributed by atoms with Crippen LogP contribution in [0.4, 0.5) is 0 Å². The van der Waals surface area contributed by atoms with Gasteiger partial charge in [-0.2, -0.15) is 0 Å². The molecule has 6 N–H and O–H groups in total. The van der Waals surface area contributed by atoms with Crippen molar-refractivity contribution in [1.82, 2.24) is 0 Å². The summed E-state index contributed by atoms with van der Waals surface area (Å²) in [6.45, 7) is 27.1. The molecule has 0 amide bonds. The summed E-state index contributed by atoms with van der Waals surface area (Å²) < 4.78 is 12.2. The molecular weight excluding hydrogens is 634 g/mol. The molecule has 10 heteroatoms. The Morgan fingerprint density at radius 2 is 0.830 bits per heavy atom. The minimum absolute atomic E-state index is 0.534. The number of aliphatic hydroxyl groups is 2. The lowest BCUT2D eigenvalue weighted by Crippen LogP contribution is -2.58. The molecule has 268 valence electrons. The fraction of sp³-hybridized carbons (Fsp3) is 0.676. The molecule has 2 rings (SSSR count). The molecule has 8 nitrogen and oxygen atoms in total. The van der Waals surface area contributed by atoms with Gasteiger partial charge in [0.05, 0.1) is 25.2 Å². The molecular formula is C37H62O8P2.